The van der Waals surface area contributed by atoms with Crippen LogP contribution in [0.3, 0.4) is 0 Å². The van der Waals surface area contributed by atoms with Crippen molar-refractivity contribution in [3.63, 3.8) is 0 Å². The first-order valence-corrected chi connectivity index (χ1v) is 7.82. The van der Waals surface area contributed by atoms with Crippen molar-refractivity contribution >= 4 is 15.7 Å². The summed E-state index contributed by atoms with van der Waals surface area (Å²) in [4.78, 5) is 11.3. The van der Waals surface area contributed by atoms with Gasteiger partial charge in [-0.15, -0.1) is 0 Å². The average molecular weight is 287 g/mol. The molecule has 0 spiro atoms. The van der Waals surface area contributed by atoms with Gasteiger partial charge >= 0.3 is 0 Å². The molecular formula is C13H18FNO3S. The summed E-state index contributed by atoms with van der Waals surface area (Å²) in [5, 5.41) is 1.80. The normalized spacial score (nSPS) is 13.0. The highest BCUT2D eigenvalue weighted by molar-refractivity contribution is 7.91. The third-order valence-corrected chi connectivity index (χ3v) is 4.99. The number of nitrogens with one attached hydrogen (secondary N) is 1. The molecule has 0 aromatic heterocycles. The fraction of sp³-hybridized carbons (Fsp3) is 0.462. The zero-order chi connectivity index (χ0) is 14.5. The van der Waals surface area contributed by atoms with Gasteiger partial charge in [0.2, 0.25) is 5.91 Å². The van der Waals surface area contributed by atoms with E-state index in [2.05, 4.69) is 5.32 Å². The molecule has 0 saturated heterocycles. The standard InChI is InChI=1S/C13H18FNO3S/c1-3-15-13(16)8-9-19(17,18)10(2)11-4-6-12(14)7-5-11/h4-7,10H,3,8-9H2,1-2H3,(H,15,16). The fourth-order valence-corrected chi connectivity index (χ4v) is 3.03. The number of rotatable bonds is 6. The minimum absolute atomic E-state index is 0.0539. The minimum atomic E-state index is -3.42. The quantitative estimate of drug-likeness (QED) is 0.868. The summed E-state index contributed by atoms with van der Waals surface area (Å²) in [5.74, 6) is -0.898. The molecule has 0 radical (unpaired) electrons. The van der Waals surface area contributed by atoms with Gasteiger partial charge in [0, 0.05) is 13.0 Å². The molecule has 19 heavy (non-hydrogen) atoms. The molecule has 6 heteroatoms. The van der Waals surface area contributed by atoms with Crippen molar-refractivity contribution in [1.29, 1.82) is 0 Å². The summed E-state index contributed by atoms with van der Waals surface area (Å²) < 4.78 is 36.9. The number of benzene rings is 1. The van der Waals surface area contributed by atoms with Gasteiger partial charge in [0.05, 0.1) is 11.0 Å². The summed E-state index contributed by atoms with van der Waals surface area (Å²) in [6.07, 6.45) is -0.0539. The van der Waals surface area contributed by atoms with Crippen LogP contribution in [0.25, 0.3) is 0 Å². The molecule has 0 bridgehead atoms. The number of halogens is 1. The molecule has 1 amide bonds. The van der Waals surface area contributed by atoms with Gasteiger partial charge in [-0.25, -0.2) is 12.8 Å². The Morgan fingerprint density at radius 3 is 2.42 bits per heavy atom. The smallest absolute Gasteiger partial charge is 0.221 e. The van der Waals surface area contributed by atoms with Crippen LogP contribution >= 0.6 is 0 Å². The molecule has 0 heterocycles. The summed E-state index contributed by atoms with van der Waals surface area (Å²) in [6.45, 7) is 3.79. The van der Waals surface area contributed by atoms with Crippen LogP contribution in [0.5, 0.6) is 0 Å². The predicted octanol–water partition coefficient (Wildman–Crippen LogP) is 1.83. The lowest BCUT2D eigenvalue weighted by atomic mass is 10.2. The molecule has 1 aromatic rings. The van der Waals surface area contributed by atoms with E-state index < -0.39 is 20.9 Å². The monoisotopic (exact) mass is 287 g/mol. The van der Waals surface area contributed by atoms with Crippen LogP contribution in [0.4, 0.5) is 4.39 Å². The number of hydrogen-bond donors (Lipinski definition) is 1. The van der Waals surface area contributed by atoms with Gasteiger partial charge < -0.3 is 5.32 Å². The molecule has 0 aliphatic rings. The number of carbonyl (C=O) groups is 1. The molecule has 106 valence electrons. The average Bonchev–Trinajstić information content (AvgIpc) is 2.37. The van der Waals surface area contributed by atoms with E-state index in [9.17, 15) is 17.6 Å². The summed E-state index contributed by atoms with van der Waals surface area (Å²) in [6, 6.07) is 5.35. The maximum Gasteiger partial charge on any atom is 0.221 e. The van der Waals surface area contributed by atoms with E-state index in [1.54, 1.807) is 13.8 Å². The highest BCUT2D eigenvalue weighted by atomic mass is 32.2. The molecule has 0 fully saturated rings. The van der Waals surface area contributed by atoms with Crippen LogP contribution in [0.1, 0.15) is 31.1 Å². The lowest BCUT2D eigenvalue weighted by molar-refractivity contribution is -0.120. The Morgan fingerprint density at radius 2 is 1.89 bits per heavy atom. The second kappa shape index (κ2) is 6.65. The lowest BCUT2D eigenvalue weighted by Gasteiger charge is -2.13. The van der Waals surface area contributed by atoms with Gasteiger partial charge in [0.15, 0.2) is 9.84 Å². The van der Waals surface area contributed by atoms with Crippen molar-refractivity contribution in [2.45, 2.75) is 25.5 Å². The second-order valence-corrected chi connectivity index (χ2v) is 6.71. The molecule has 0 saturated carbocycles. The molecule has 1 aromatic carbocycles. The van der Waals surface area contributed by atoms with Gasteiger partial charge in [-0.3, -0.25) is 4.79 Å². The van der Waals surface area contributed by atoms with Crippen LogP contribution in [0.15, 0.2) is 24.3 Å². The third-order valence-electron chi connectivity index (χ3n) is 2.87. The first-order chi connectivity index (χ1) is 8.86. The molecule has 1 N–H and O–H groups in total. The largest absolute Gasteiger partial charge is 0.356 e. The first kappa shape index (κ1) is 15.6. The van der Waals surface area contributed by atoms with Crippen molar-refractivity contribution in [2.24, 2.45) is 0 Å². The van der Waals surface area contributed by atoms with Gasteiger partial charge in [-0.05, 0) is 31.5 Å². The van der Waals surface area contributed by atoms with E-state index in [4.69, 9.17) is 0 Å². The Balaban J connectivity index is 2.71. The molecule has 0 aliphatic heterocycles. The Labute approximate surface area is 112 Å². The zero-order valence-electron chi connectivity index (χ0n) is 11.0. The molecule has 1 atom stereocenters. The first-order valence-electron chi connectivity index (χ1n) is 6.10. The third kappa shape index (κ3) is 4.63. The van der Waals surface area contributed by atoms with Crippen LogP contribution in [-0.4, -0.2) is 26.6 Å². The topological polar surface area (TPSA) is 63.2 Å². The van der Waals surface area contributed by atoms with Gasteiger partial charge in [-0.1, -0.05) is 12.1 Å². The Bertz CT molecular complexity index is 525. The second-order valence-electron chi connectivity index (χ2n) is 4.26. The zero-order valence-corrected chi connectivity index (χ0v) is 11.8. The van der Waals surface area contributed by atoms with E-state index >= 15 is 0 Å². The molecule has 1 unspecified atom stereocenters. The SMILES string of the molecule is CCNC(=O)CCS(=O)(=O)C(C)c1ccc(F)cc1. The van der Waals surface area contributed by atoms with Crippen molar-refractivity contribution < 1.29 is 17.6 Å². The van der Waals surface area contributed by atoms with Gasteiger partial charge in [0.25, 0.3) is 0 Å². The number of amides is 1. The maximum absolute atomic E-state index is 12.8. The fourth-order valence-electron chi connectivity index (χ4n) is 1.64. The van der Waals surface area contributed by atoms with Crippen molar-refractivity contribution in [1.82, 2.24) is 5.32 Å². The van der Waals surface area contributed by atoms with Crippen molar-refractivity contribution in [2.75, 3.05) is 12.3 Å². The van der Waals surface area contributed by atoms with Crippen LogP contribution in [0, 0.1) is 5.82 Å². The van der Waals surface area contributed by atoms with Crippen LogP contribution in [-0.2, 0) is 14.6 Å². The van der Waals surface area contributed by atoms with Gasteiger partial charge in [0.1, 0.15) is 5.82 Å². The van der Waals surface area contributed by atoms with E-state index in [1.165, 1.54) is 24.3 Å². The number of carbonyl (C=O) groups excluding carboxylic acids is 1. The van der Waals surface area contributed by atoms with Gasteiger partial charge in [-0.2, -0.15) is 0 Å². The highest BCUT2D eigenvalue weighted by Crippen LogP contribution is 2.23. The van der Waals surface area contributed by atoms with Crippen LogP contribution < -0.4 is 5.32 Å². The minimum Gasteiger partial charge on any atom is -0.356 e. The summed E-state index contributed by atoms with van der Waals surface area (Å²) in [7, 11) is -3.42. The molecular weight excluding hydrogens is 269 g/mol. The maximum atomic E-state index is 12.8. The van der Waals surface area contributed by atoms with E-state index in [-0.39, 0.29) is 18.1 Å². The summed E-state index contributed by atoms with van der Waals surface area (Å²) >= 11 is 0. The Kier molecular flexibility index (Phi) is 5.47. The lowest BCUT2D eigenvalue weighted by Crippen LogP contribution is -2.26. The molecule has 4 nitrogen and oxygen atoms in total. The molecule has 0 aliphatic carbocycles. The number of hydrogen-bond acceptors (Lipinski definition) is 3. The van der Waals surface area contributed by atoms with Crippen molar-refractivity contribution in [3.8, 4) is 0 Å². The van der Waals surface area contributed by atoms with E-state index in [0.717, 1.165) is 0 Å². The molecule has 1 rings (SSSR count). The predicted molar refractivity (Wildman–Crippen MR) is 71.9 cm³/mol. The Hall–Kier alpha value is -1.43. The van der Waals surface area contributed by atoms with Crippen LogP contribution in [0.2, 0.25) is 0 Å². The summed E-state index contributed by atoms with van der Waals surface area (Å²) in [5.41, 5.74) is 0.525. The van der Waals surface area contributed by atoms with Crippen molar-refractivity contribution in [3.05, 3.63) is 35.6 Å². The van der Waals surface area contributed by atoms with E-state index in [1.807, 2.05) is 0 Å². The Morgan fingerprint density at radius 1 is 1.32 bits per heavy atom. The number of sulfone groups is 1. The highest BCUT2D eigenvalue weighted by Gasteiger charge is 2.23. The van der Waals surface area contributed by atoms with E-state index in [0.29, 0.717) is 12.1 Å².